The van der Waals surface area contributed by atoms with Gasteiger partial charge in [0, 0.05) is 50.8 Å². The molecule has 0 aromatic carbocycles. The molecule has 5 nitrogen and oxygen atoms in total. The van der Waals surface area contributed by atoms with Gasteiger partial charge in [-0.05, 0) is 38.2 Å². The number of nitrogens with zero attached hydrogens (tertiary/aromatic N) is 3. The predicted molar refractivity (Wildman–Crippen MR) is 83.7 cm³/mol. The molecular formula is C17H27N3O2. The number of hydrogen-bond acceptors (Lipinski definition) is 4. The summed E-state index contributed by atoms with van der Waals surface area (Å²) in [6.45, 7) is 3.71. The molecule has 4 rings (SSSR count). The van der Waals surface area contributed by atoms with Crippen LogP contribution in [0.3, 0.4) is 0 Å². The summed E-state index contributed by atoms with van der Waals surface area (Å²) >= 11 is 0. The van der Waals surface area contributed by atoms with Gasteiger partial charge in [0.05, 0.1) is 6.10 Å². The van der Waals surface area contributed by atoms with Crippen molar-refractivity contribution in [3.05, 3.63) is 18.5 Å². The van der Waals surface area contributed by atoms with Gasteiger partial charge in [-0.2, -0.15) is 5.10 Å². The number of hydrogen-bond donors (Lipinski definition) is 0. The lowest BCUT2D eigenvalue weighted by Gasteiger charge is -2.40. The molecule has 3 atom stereocenters. The molecule has 122 valence electrons. The lowest BCUT2D eigenvalue weighted by Crippen LogP contribution is -2.47. The van der Waals surface area contributed by atoms with Crippen molar-refractivity contribution < 1.29 is 9.47 Å². The van der Waals surface area contributed by atoms with E-state index in [4.69, 9.17) is 9.47 Å². The van der Waals surface area contributed by atoms with Crippen molar-refractivity contribution in [2.75, 3.05) is 19.8 Å². The highest BCUT2D eigenvalue weighted by Gasteiger charge is 2.47. The number of likely N-dealkylation sites (tertiary alicyclic amines) is 1. The van der Waals surface area contributed by atoms with Gasteiger partial charge < -0.3 is 9.47 Å². The van der Waals surface area contributed by atoms with E-state index < -0.39 is 0 Å². The van der Waals surface area contributed by atoms with E-state index in [1.807, 2.05) is 23.1 Å². The SMILES string of the molecule is c1cnn(CCCO[C@@H]2CN(C3CCC3)[C@@H]3CCCO[C@@H]32)c1. The Hall–Kier alpha value is -0.910. The minimum atomic E-state index is 0.267. The van der Waals surface area contributed by atoms with E-state index in [1.54, 1.807) is 0 Å². The highest BCUT2D eigenvalue weighted by molar-refractivity contribution is 5.01. The molecule has 1 aromatic rings. The molecule has 0 N–H and O–H groups in total. The molecule has 0 bridgehead atoms. The summed E-state index contributed by atoms with van der Waals surface area (Å²) in [6, 6.07) is 3.37. The van der Waals surface area contributed by atoms with Crippen LogP contribution in [0, 0.1) is 0 Å². The summed E-state index contributed by atoms with van der Waals surface area (Å²) in [7, 11) is 0. The van der Waals surface area contributed by atoms with Crippen LogP contribution in [-0.4, -0.2) is 58.7 Å². The van der Waals surface area contributed by atoms with Crippen molar-refractivity contribution in [3.8, 4) is 0 Å². The Balaban J connectivity index is 1.28. The smallest absolute Gasteiger partial charge is 0.100 e. The Morgan fingerprint density at radius 3 is 2.95 bits per heavy atom. The van der Waals surface area contributed by atoms with Crippen molar-refractivity contribution in [1.29, 1.82) is 0 Å². The largest absolute Gasteiger partial charge is 0.374 e. The first-order valence-electron chi connectivity index (χ1n) is 8.88. The molecule has 0 amide bonds. The van der Waals surface area contributed by atoms with Crippen molar-refractivity contribution in [3.63, 3.8) is 0 Å². The van der Waals surface area contributed by atoms with E-state index in [-0.39, 0.29) is 6.10 Å². The zero-order chi connectivity index (χ0) is 14.8. The van der Waals surface area contributed by atoms with Crippen LogP contribution in [0.15, 0.2) is 18.5 Å². The second-order valence-electron chi connectivity index (χ2n) is 6.86. The fourth-order valence-corrected chi connectivity index (χ4v) is 4.12. The van der Waals surface area contributed by atoms with E-state index in [0.717, 1.165) is 38.8 Å². The molecule has 0 spiro atoms. The first-order valence-corrected chi connectivity index (χ1v) is 8.88. The Bertz CT molecular complexity index is 460. The van der Waals surface area contributed by atoms with Gasteiger partial charge in [0.15, 0.2) is 0 Å². The van der Waals surface area contributed by atoms with Crippen LogP contribution in [0.25, 0.3) is 0 Å². The van der Waals surface area contributed by atoms with Gasteiger partial charge >= 0.3 is 0 Å². The highest BCUT2D eigenvalue weighted by atomic mass is 16.5. The Kier molecular flexibility index (Phi) is 4.46. The van der Waals surface area contributed by atoms with E-state index in [1.165, 1.54) is 32.1 Å². The van der Waals surface area contributed by atoms with E-state index in [2.05, 4.69) is 10.00 Å². The number of aryl methyl sites for hydroxylation is 1. The summed E-state index contributed by atoms with van der Waals surface area (Å²) in [5.41, 5.74) is 0. The minimum Gasteiger partial charge on any atom is -0.374 e. The minimum absolute atomic E-state index is 0.267. The van der Waals surface area contributed by atoms with Crippen LogP contribution in [-0.2, 0) is 16.0 Å². The van der Waals surface area contributed by atoms with E-state index in [0.29, 0.717) is 12.1 Å². The zero-order valence-electron chi connectivity index (χ0n) is 13.3. The number of fused-ring (bicyclic) bond motifs is 1. The summed E-state index contributed by atoms with van der Waals surface area (Å²) in [4.78, 5) is 2.70. The summed E-state index contributed by atoms with van der Waals surface area (Å²) in [6.07, 6.45) is 12.0. The quantitative estimate of drug-likeness (QED) is 0.754. The van der Waals surface area contributed by atoms with Gasteiger partial charge in [0.2, 0.25) is 0 Å². The lowest BCUT2D eigenvalue weighted by atomic mass is 9.90. The summed E-state index contributed by atoms with van der Waals surface area (Å²) < 4.78 is 14.3. The summed E-state index contributed by atoms with van der Waals surface area (Å²) in [5, 5.41) is 4.23. The van der Waals surface area contributed by atoms with Crippen molar-refractivity contribution in [2.24, 2.45) is 0 Å². The maximum absolute atomic E-state index is 6.21. The number of rotatable bonds is 6. The van der Waals surface area contributed by atoms with E-state index >= 15 is 0 Å². The van der Waals surface area contributed by atoms with Crippen LogP contribution in [0.4, 0.5) is 0 Å². The molecule has 22 heavy (non-hydrogen) atoms. The second kappa shape index (κ2) is 6.69. The van der Waals surface area contributed by atoms with Crippen LogP contribution < -0.4 is 0 Å². The first-order chi connectivity index (χ1) is 10.9. The van der Waals surface area contributed by atoms with Gasteiger partial charge in [-0.3, -0.25) is 9.58 Å². The van der Waals surface area contributed by atoms with Gasteiger partial charge in [-0.15, -0.1) is 0 Å². The molecule has 3 heterocycles. The van der Waals surface area contributed by atoms with Crippen LogP contribution in [0.2, 0.25) is 0 Å². The molecule has 2 aliphatic heterocycles. The molecular weight excluding hydrogens is 278 g/mol. The highest BCUT2D eigenvalue weighted by Crippen LogP contribution is 2.37. The molecule has 3 aliphatic rings. The van der Waals surface area contributed by atoms with Crippen molar-refractivity contribution in [1.82, 2.24) is 14.7 Å². The standard InChI is InChI=1S/C17H27N3O2/c1-5-14(6-1)20-13-16(17-15(20)7-2-11-22-17)21-12-4-10-19-9-3-8-18-19/h3,8-9,14-17H,1-2,4-7,10-13H2/t15-,16-,17+/m1/s1. The lowest BCUT2D eigenvalue weighted by molar-refractivity contribution is -0.0800. The average Bonchev–Trinajstić information content (AvgIpc) is 3.11. The Morgan fingerprint density at radius 2 is 2.18 bits per heavy atom. The monoisotopic (exact) mass is 305 g/mol. The maximum atomic E-state index is 6.21. The molecule has 2 saturated heterocycles. The fourth-order valence-electron chi connectivity index (χ4n) is 4.12. The normalized spacial score (nSPS) is 32.8. The molecule has 3 fully saturated rings. The predicted octanol–water partition coefficient (Wildman–Crippen LogP) is 2.07. The average molecular weight is 305 g/mol. The molecule has 1 aromatic heterocycles. The first kappa shape index (κ1) is 14.7. The summed E-state index contributed by atoms with van der Waals surface area (Å²) in [5.74, 6) is 0. The molecule has 0 unspecified atom stereocenters. The third-order valence-electron chi connectivity index (χ3n) is 5.48. The van der Waals surface area contributed by atoms with Crippen LogP contribution in [0.5, 0.6) is 0 Å². The van der Waals surface area contributed by atoms with Gasteiger partial charge in [-0.1, -0.05) is 6.42 Å². The molecule has 1 saturated carbocycles. The molecule has 5 heteroatoms. The fraction of sp³-hybridized carbons (Fsp3) is 0.824. The topological polar surface area (TPSA) is 39.5 Å². The molecule has 0 radical (unpaired) electrons. The van der Waals surface area contributed by atoms with Crippen molar-refractivity contribution >= 4 is 0 Å². The van der Waals surface area contributed by atoms with Crippen molar-refractivity contribution in [2.45, 2.75) is 69.4 Å². The third kappa shape index (κ3) is 2.94. The maximum Gasteiger partial charge on any atom is 0.100 e. The number of aromatic nitrogens is 2. The Morgan fingerprint density at radius 1 is 1.23 bits per heavy atom. The molecule has 1 aliphatic carbocycles. The van der Waals surface area contributed by atoms with Gasteiger partial charge in [0.1, 0.15) is 6.10 Å². The van der Waals surface area contributed by atoms with E-state index in [9.17, 15) is 0 Å². The van der Waals surface area contributed by atoms with Gasteiger partial charge in [0.25, 0.3) is 0 Å². The Labute approximate surface area is 132 Å². The second-order valence-corrected chi connectivity index (χ2v) is 6.86. The van der Waals surface area contributed by atoms with Gasteiger partial charge in [-0.25, -0.2) is 0 Å². The zero-order valence-corrected chi connectivity index (χ0v) is 13.3. The van der Waals surface area contributed by atoms with Crippen LogP contribution >= 0.6 is 0 Å². The number of ether oxygens (including phenoxy) is 2. The third-order valence-corrected chi connectivity index (χ3v) is 5.48. The van der Waals surface area contributed by atoms with Crippen LogP contribution in [0.1, 0.15) is 38.5 Å².